The van der Waals surface area contributed by atoms with Gasteiger partial charge in [-0.2, -0.15) is 0 Å². The van der Waals surface area contributed by atoms with E-state index in [0.717, 1.165) is 5.56 Å². The molecule has 0 bridgehead atoms. The first-order valence-corrected chi connectivity index (χ1v) is 12.3. The summed E-state index contributed by atoms with van der Waals surface area (Å²) in [5, 5.41) is 0.508. The highest BCUT2D eigenvalue weighted by Crippen LogP contribution is 2.36. The zero-order chi connectivity index (χ0) is 25.7. The average molecular weight is 511 g/mol. The van der Waals surface area contributed by atoms with Gasteiger partial charge in [-0.05, 0) is 60.7 Å². The molecule has 0 radical (unpaired) electrons. The Morgan fingerprint density at radius 1 is 1.14 bits per heavy atom. The van der Waals surface area contributed by atoms with Crippen LogP contribution in [0.5, 0.6) is 5.75 Å². The van der Waals surface area contributed by atoms with Gasteiger partial charge < -0.3 is 14.4 Å². The Morgan fingerprint density at radius 2 is 1.92 bits per heavy atom. The van der Waals surface area contributed by atoms with Crippen LogP contribution in [0.15, 0.2) is 54.7 Å². The third kappa shape index (κ3) is 5.68. The van der Waals surface area contributed by atoms with Crippen LogP contribution in [0.3, 0.4) is 0 Å². The van der Waals surface area contributed by atoms with E-state index in [9.17, 15) is 9.59 Å². The molecule has 1 aromatic heterocycles. The smallest absolute Gasteiger partial charge is 0.309 e. The minimum Gasteiger partial charge on any atom is -0.496 e. The van der Waals surface area contributed by atoms with Gasteiger partial charge in [-0.3, -0.25) is 14.6 Å². The number of carbonyl (C=O) groups excluding carboxylic acids is 2. The number of hydrogen-bond donors (Lipinski definition) is 0. The van der Waals surface area contributed by atoms with Gasteiger partial charge in [0.2, 0.25) is 0 Å². The highest BCUT2D eigenvalue weighted by atomic mass is 35.5. The summed E-state index contributed by atoms with van der Waals surface area (Å²) in [6.45, 7) is 3.11. The maximum atomic E-state index is 15.6. The van der Waals surface area contributed by atoms with Crippen molar-refractivity contribution < 1.29 is 23.5 Å². The standard InChI is InChI=1S/C28H28ClFN2O4/c1-3-36-28(34)19-11-13-32(14-12-19)27(33)23-9-7-18(17-31-23)15-21-8-10-24(35-2)25(26(21)30)20-5-4-6-22(29)16-20/h4-10,16-17,19H,3,11-15H2,1-2H3. The quantitative estimate of drug-likeness (QED) is 0.389. The predicted octanol–water partition coefficient (Wildman–Crippen LogP) is 5.56. The van der Waals surface area contributed by atoms with Crippen molar-refractivity contribution in [1.29, 1.82) is 0 Å². The van der Waals surface area contributed by atoms with E-state index in [1.54, 1.807) is 66.6 Å². The highest BCUT2D eigenvalue weighted by Gasteiger charge is 2.29. The molecule has 2 heterocycles. The lowest BCUT2D eigenvalue weighted by Crippen LogP contribution is -2.41. The molecule has 0 atom stereocenters. The molecule has 1 fully saturated rings. The lowest BCUT2D eigenvalue weighted by molar-refractivity contribution is -0.149. The van der Waals surface area contributed by atoms with E-state index in [2.05, 4.69) is 4.98 Å². The number of amides is 1. The number of methoxy groups -OCH3 is 1. The van der Waals surface area contributed by atoms with Crippen LogP contribution in [0.25, 0.3) is 11.1 Å². The lowest BCUT2D eigenvalue weighted by Gasteiger charge is -2.30. The number of halogens is 2. The maximum Gasteiger partial charge on any atom is 0.309 e. The fourth-order valence-electron chi connectivity index (χ4n) is 4.44. The van der Waals surface area contributed by atoms with Gasteiger partial charge >= 0.3 is 5.97 Å². The third-order valence-corrected chi connectivity index (χ3v) is 6.59. The molecule has 6 nitrogen and oxygen atoms in total. The summed E-state index contributed by atoms with van der Waals surface area (Å²) in [5.41, 5.74) is 2.55. The van der Waals surface area contributed by atoms with Crippen molar-refractivity contribution >= 4 is 23.5 Å². The monoisotopic (exact) mass is 510 g/mol. The summed E-state index contributed by atoms with van der Waals surface area (Å²) < 4.78 is 26.1. The highest BCUT2D eigenvalue weighted by molar-refractivity contribution is 6.30. The molecule has 188 valence electrons. The van der Waals surface area contributed by atoms with Crippen molar-refractivity contribution in [3.05, 3.63) is 82.4 Å². The number of piperidine rings is 1. The molecular weight excluding hydrogens is 483 g/mol. The van der Waals surface area contributed by atoms with Gasteiger partial charge in [-0.15, -0.1) is 0 Å². The Morgan fingerprint density at radius 3 is 2.56 bits per heavy atom. The number of ether oxygens (including phenoxy) is 2. The van der Waals surface area contributed by atoms with Crippen LogP contribution >= 0.6 is 11.6 Å². The number of carbonyl (C=O) groups is 2. The molecule has 1 aliphatic heterocycles. The van der Waals surface area contributed by atoms with Gasteiger partial charge in [0, 0.05) is 30.7 Å². The van der Waals surface area contributed by atoms with E-state index < -0.39 is 0 Å². The number of aromatic nitrogens is 1. The van der Waals surface area contributed by atoms with Crippen molar-refractivity contribution in [2.24, 2.45) is 5.92 Å². The molecule has 0 aliphatic carbocycles. The summed E-state index contributed by atoms with van der Waals surface area (Å²) in [6.07, 6.45) is 3.06. The number of nitrogens with zero attached hydrogens (tertiary/aromatic N) is 2. The molecule has 1 saturated heterocycles. The summed E-state index contributed by atoms with van der Waals surface area (Å²) in [4.78, 5) is 30.9. The molecule has 1 aliphatic rings. The Bertz CT molecular complexity index is 1240. The summed E-state index contributed by atoms with van der Waals surface area (Å²) >= 11 is 6.12. The molecule has 2 aromatic carbocycles. The molecule has 8 heteroatoms. The molecule has 0 spiro atoms. The largest absolute Gasteiger partial charge is 0.496 e. The topological polar surface area (TPSA) is 68.7 Å². The predicted molar refractivity (Wildman–Crippen MR) is 136 cm³/mol. The average Bonchev–Trinajstić information content (AvgIpc) is 2.90. The SMILES string of the molecule is CCOC(=O)C1CCN(C(=O)c2ccc(Cc3ccc(OC)c(-c4cccc(Cl)c4)c3F)cn2)CC1. The van der Waals surface area contributed by atoms with E-state index in [1.807, 2.05) is 0 Å². The van der Waals surface area contributed by atoms with E-state index in [1.165, 1.54) is 7.11 Å². The first kappa shape index (κ1) is 25.6. The molecule has 0 saturated carbocycles. The summed E-state index contributed by atoms with van der Waals surface area (Å²) in [6, 6.07) is 13.9. The minimum absolute atomic E-state index is 0.166. The zero-order valence-electron chi connectivity index (χ0n) is 20.3. The number of likely N-dealkylation sites (tertiary alicyclic amines) is 1. The van der Waals surface area contributed by atoms with Gasteiger partial charge in [0.05, 0.1) is 25.2 Å². The molecule has 3 aromatic rings. The second-order valence-corrected chi connectivity index (χ2v) is 9.11. The number of pyridine rings is 1. The van der Waals surface area contributed by atoms with E-state index >= 15 is 4.39 Å². The molecule has 0 N–H and O–H groups in total. The van der Waals surface area contributed by atoms with Gasteiger partial charge in [0.1, 0.15) is 17.3 Å². The molecule has 36 heavy (non-hydrogen) atoms. The second kappa shape index (κ2) is 11.5. The summed E-state index contributed by atoms with van der Waals surface area (Å²) in [7, 11) is 1.50. The summed E-state index contributed by atoms with van der Waals surface area (Å²) in [5.74, 6) is -0.509. The fourth-order valence-corrected chi connectivity index (χ4v) is 4.63. The van der Waals surface area contributed by atoms with Crippen LogP contribution in [0.2, 0.25) is 5.02 Å². The van der Waals surface area contributed by atoms with Crippen molar-refractivity contribution in [3.8, 4) is 16.9 Å². The number of esters is 1. The second-order valence-electron chi connectivity index (χ2n) is 8.67. The number of rotatable bonds is 7. The lowest BCUT2D eigenvalue weighted by atomic mass is 9.96. The Hall–Kier alpha value is -3.45. The van der Waals surface area contributed by atoms with Gasteiger partial charge in [0.25, 0.3) is 5.91 Å². The van der Waals surface area contributed by atoms with Crippen molar-refractivity contribution in [3.63, 3.8) is 0 Å². The first-order chi connectivity index (χ1) is 17.4. The number of benzene rings is 2. The van der Waals surface area contributed by atoms with Gasteiger partial charge in [0.15, 0.2) is 0 Å². The molecule has 0 unspecified atom stereocenters. The third-order valence-electron chi connectivity index (χ3n) is 6.36. The Balaban J connectivity index is 1.46. The van der Waals surface area contributed by atoms with E-state index in [0.29, 0.717) is 72.1 Å². The molecule has 4 rings (SSSR count). The Labute approximate surface area is 215 Å². The fraction of sp³-hybridized carbons (Fsp3) is 0.321. The van der Waals surface area contributed by atoms with E-state index in [-0.39, 0.29) is 23.6 Å². The van der Waals surface area contributed by atoms with Gasteiger partial charge in [-0.1, -0.05) is 35.9 Å². The maximum absolute atomic E-state index is 15.6. The van der Waals surface area contributed by atoms with Crippen LogP contribution in [0, 0.1) is 11.7 Å². The van der Waals surface area contributed by atoms with Crippen molar-refractivity contribution in [2.75, 3.05) is 26.8 Å². The Kier molecular flexibility index (Phi) is 8.21. The van der Waals surface area contributed by atoms with Crippen LogP contribution in [-0.4, -0.2) is 48.6 Å². The van der Waals surface area contributed by atoms with E-state index in [4.69, 9.17) is 21.1 Å². The van der Waals surface area contributed by atoms with Crippen molar-refractivity contribution in [1.82, 2.24) is 9.88 Å². The van der Waals surface area contributed by atoms with Crippen LogP contribution in [-0.2, 0) is 16.0 Å². The normalized spacial score (nSPS) is 13.9. The molecule has 1 amide bonds. The first-order valence-electron chi connectivity index (χ1n) is 11.9. The zero-order valence-corrected chi connectivity index (χ0v) is 21.1. The minimum atomic E-state index is -0.388. The number of hydrogen-bond acceptors (Lipinski definition) is 5. The van der Waals surface area contributed by atoms with Crippen molar-refractivity contribution in [2.45, 2.75) is 26.2 Å². The van der Waals surface area contributed by atoms with Crippen LogP contribution in [0.1, 0.15) is 41.4 Å². The van der Waals surface area contributed by atoms with Crippen LogP contribution < -0.4 is 4.74 Å². The van der Waals surface area contributed by atoms with Gasteiger partial charge in [-0.25, -0.2) is 4.39 Å². The molecular formula is C28H28ClFN2O4. The van der Waals surface area contributed by atoms with Crippen LogP contribution in [0.4, 0.5) is 4.39 Å².